The molecule has 0 aromatic carbocycles. The van der Waals surface area contributed by atoms with Crippen LogP contribution in [-0.2, 0) is 4.74 Å². The average Bonchev–Trinajstić information content (AvgIpc) is 2.21. The third-order valence-electron chi connectivity index (χ3n) is 2.62. The Morgan fingerprint density at radius 3 is 2.00 bits per heavy atom. The molecule has 84 valence electrons. The monoisotopic (exact) mass is 201 g/mol. The van der Waals surface area contributed by atoms with Gasteiger partial charge in [0.15, 0.2) is 0 Å². The molecule has 0 atom stereocenters. The van der Waals surface area contributed by atoms with Crippen molar-refractivity contribution in [1.29, 1.82) is 0 Å². The Kier molecular flexibility index (Phi) is 7.25. The topological polar surface area (TPSA) is 29.5 Å². The number of ether oxygens (including phenoxy) is 1. The van der Waals surface area contributed by atoms with Crippen LogP contribution in [0.3, 0.4) is 0 Å². The smallest absolute Gasteiger partial charge is 0.409 e. The maximum Gasteiger partial charge on any atom is 0.409 e. The molecule has 0 N–H and O–H groups in total. The number of hydrogen-bond donors (Lipinski definition) is 0. The van der Waals surface area contributed by atoms with Gasteiger partial charge in [0, 0.05) is 13.1 Å². The number of nitrogens with zero attached hydrogens (tertiary/aromatic N) is 1. The van der Waals surface area contributed by atoms with Gasteiger partial charge in [-0.3, -0.25) is 0 Å². The van der Waals surface area contributed by atoms with Crippen LogP contribution in [0.25, 0.3) is 0 Å². The van der Waals surface area contributed by atoms with Crippen LogP contribution in [0.2, 0.25) is 0 Å². The summed E-state index contributed by atoms with van der Waals surface area (Å²) in [5.74, 6) is 0.509. The van der Waals surface area contributed by atoms with Gasteiger partial charge in [-0.1, -0.05) is 26.7 Å². The summed E-state index contributed by atoms with van der Waals surface area (Å²) in [7, 11) is 0. The maximum atomic E-state index is 11.4. The van der Waals surface area contributed by atoms with Crippen molar-refractivity contribution in [2.45, 2.75) is 40.5 Å². The molecule has 0 spiro atoms. The average molecular weight is 201 g/mol. The van der Waals surface area contributed by atoms with E-state index < -0.39 is 0 Å². The minimum atomic E-state index is -0.179. The molecule has 14 heavy (non-hydrogen) atoms. The van der Waals surface area contributed by atoms with Crippen LogP contribution in [0.1, 0.15) is 40.5 Å². The molecular formula is C11H23NO2. The molecular weight excluding hydrogens is 178 g/mol. The number of rotatable bonds is 6. The van der Waals surface area contributed by atoms with Crippen molar-refractivity contribution in [2.24, 2.45) is 5.92 Å². The van der Waals surface area contributed by atoms with Crippen molar-refractivity contribution in [3.8, 4) is 0 Å². The molecule has 0 bridgehead atoms. The summed E-state index contributed by atoms with van der Waals surface area (Å²) in [5.41, 5.74) is 0. The summed E-state index contributed by atoms with van der Waals surface area (Å²) < 4.78 is 5.22. The summed E-state index contributed by atoms with van der Waals surface area (Å²) in [6, 6.07) is 0. The lowest BCUT2D eigenvalue weighted by atomic mass is 10.1. The highest BCUT2D eigenvalue weighted by atomic mass is 16.6. The lowest BCUT2D eigenvalue weighted by Crippen LogP contribution is -2.32. The second kappa shape index (κ2) is 7.65. The normalized spacial score (nSPS) is 10.4. The van der Waals surface area contributed by atoms with Gasteiger partial charge < -0.3 is 9.64 Å². The Morgan fingerprint density at radius 2 is 1.64 bits per heavy atom. The van der Waals surface area contributed by atoms with Crippen molar-refractivity contribution < 1.29 is 9.53 Å². The van der Waals surface area contributed by atoms with E-state index in [-0.39, 0.29) is 6.09 Å². The van der Waals surface area contributed by atoms with Gasteiger partial charge in [-0.25, -0.2) is 4.79 Å². The summed E-state index contributed by atoms with van der Waals surface area (Å²) in [6.07, 6.45) is 1.96. The van der Waals surface area contributed by atoms with E-state index in [1.807, 2.05) is 13.8 Å². The fourth-order valence-corrected chi connectivity index (χ4v) is 1.29. The van der Waals surface area contributed by atoms with Crippen molar-refractivity contribution in [2.75, 3.05) is 19.7 Å². The van der Waals surface area contributed by atoms with E-state index in [0.29, 0.717) is 12.5 Å². The van der Waals surface area contributed by atoms with E-state index in [1.165, 1.54) is 0 Å². The molecule has 0 aromatic rings. The zero-order valence-corrected chi connectivity index (χ0v) is 9.88. The first kappa shape index (κ1) is 13.3. The zero-order valence-electron chi connectivity index (χ0n) is 9.88. The first-order chi connectivity index (χ1) is 6.69. The van der Waals surface area contributed by atoms with Gasteiger partial charge in [0.2, 0.25) is 0 Å². The van der Waals surface area contributed by atoms with E-state index in [2.05, 4.69) is 13.8 Å². The Labute approximate surface area is 87.4 Å². The van der Waals surface area contributed by atoms with Crippen LogP contribution in [0.5, 0.6) is 0 Å². The van der Waals surface area contributed by atoms with E-state index in [0.717, 1.165) is 25.9 Å². The van der Waals surface area contributed by atoms with Gasteiger partial charge in [0.25, 0.3) is 0 Å². The van der Waals surface area contributed by atoms with Gasteiger partial charge in [-0.2, -0.15) is 0 Å². The summed E-state index contributed by atoms with van der Waals surface area (Å²) >= 11 is 0. The van der Waals surface area contributed by atoms with Crippen LogP contribution < -0.4 is 0 Å². The first-order valence-corrected chi connectivity index (χ1v) is 5.61. The number of carbonyl (C=O) groups excluding carboxylic acids is 1. The molecule has 0 saturated heterocycles. The summed E-state index contributed by atoms with van der Waals surface area (Å²) in [5, 5.41) is 0. The molecule has 0 heterocycles. The molecule has 0 aliphatic heterocycles. The Hall–Kier alpha value is -0.730. The standard InChI is InChI=1S/C11H23NO2/c1-5-10(6-2)9-14-11(13)12(7-3)8-4/h10H,5-9H2,1-4H3. The Bertz CT molecular complexity index is 151. The van der Waals surface area contributed by atoms with Gasteiger partial charge in [-0.15, -0.1) is 0 Å². The quantitative estimate of drug-likeness (QED) is 0.661. The third-order valence-corrected chi connectivity index (χ3v) is 2.62. The van der Waals surface area contributed by atoms with Gasteiger partial charge in [0.1, 0.15) is 0 Å². The van der Waals surface area contributed by atoms with Crippen molar-refractivity contribution in [1.82, 2.24) is 4.90 Å². The number of amides is 1. The lowest BCUT2D eigenvalue weighted by molar-refractivity contribution is 0.0892. The molecule has 0 unspecified atom stereocenters. The third kappa shape index (κ3) is 4.49. The molecule has 0 aromatic heterocycles. The first-order valence-electron chi connectivity index (χ1n) is 5.61. The minimum absolute atomic E-state index is 0.179. The molecule has 0 rings (SSSR count). The molecule has 3 heteroatoms. The van der Waals surface area contributed by atoms with Gasteiger partial charge in [0.05, 0.1) is 6.61 Å². The highest BCUT2D eigenvalue weighted by Crippen LogP contribution is 2.08. The predicted molar refractivity (Wildman–Crippen MR) is 58.3 cm³/mol. The van der Waals surface area contributed by atoms with Crippen LogP contribution in [0.15, 0.2) is 0 Å². The summed E-state index contributed by atoms with van der Waals surface area (Å²) in [6.45, 7) is 10.2. The molecule has 0 radical (unpaired) electrons. The molecule has 3 nitrogen and oxygen atoms in total. The van der Waals surface area contributed by atoms with E-state index in [9.17, 15) is 4.79 Å². The second-order valence-electron chi connectivity index (χ2n) is 3.43. The SMILES string of the molecule is CCC(CC)COC(=O)N(CC)CC. The van der Waals surface area contributed by atoms with Crippen LogP contribution in [0.4, 0.5) is 4.79 Å². The summed E-state index contributed by atoms with van der Waals surface area (Å²) in [4.78, 5) is 13.1. The minimum Gasteiger partial charge on any atom is -0.449 e. The molecule has 0 aliphatic carbocycles. The Balaban J connectivity index is 3.81. The van der Waals surface area contributed by atoms with Crippen LogP contribution in [-0.4, -0.2) is 30.7 Å². The zero-order chi connectivity index (χ0) is 11.0. The number of carbonyl (C=O) groups is 1. The van der Waals surface area contributed by atoms with Gasteiger partial charge in [-0.05, 0) is 19.8 Å². The largest absolute Gasteiger partial charge is 0.449 e. The van der Waals surface area contributed by atoms with Crippen molar-refractivity contribution >= 4 is 6.09 Å². The Morgan fingerprint density at radius 1 is 1.14 bits per heavy atom. The molecule has 0 saturated carbocycles. The van der Waals surface area contributed by atoms with E-state index >= 15 is 0 Å². The predicted octanol–water partition coefficient (Wildman–Crippen LogP) is 2.90. The maximum absolute atomic E-state index is 11.4. The van der Waals surface area contributed by atoms with Crippen molar-refractivity contribution in [3.05, 3.63) is 0 Å². The highest BCUT2D eigenvalue weighted by Gasteiger charge is 2.12. The molecule has 0 aliphatic rings. The van der Waals surface area contributed by atoms with E-state index in [1.54, 1.807) is 4.90 Å². The van der Waals surface area contributed by atoms with Crippen LogP contribution >= 0.6 is 0 Å². The van der Waals surface area contributed by atoms with E-state index in [4.69, 9.17) is 4.74 Å². The van der Waals surface area contributed by atoms with Gasteiger partial charge >= 0.3 is 6.09 Å². The van der Waals surface area contributed by atoms with Crippen molar-refractivity contribution in [3.63, 3.8) is 0 Å². The second-order valence-corrected chi connectivity index (χ2v) is 3.43. The highest BCUT2D eigenvalue weighted by molar-refractivity contribution is 5.67. The fraction of sp³-hybridized carbons (Fsp3) is 0.909. The lowest BCUT2D eigenvalue weighted by Gasteiger charge is -2.20. The molecule has 1 amide bonds. The van der Waals surface area contributed by atoms with Crippen LogP contribution in [0, 0.1) is 5.92 Å². The fourth-order valence-electron chi connectivity index (χ4n) is 1.29. The number of hydrogen-bond acceptors (Lipinski definition) is 2. The molecule has 0 fully saturated rings.